The van der Waals surface area contributed by atoms with E-state index >= 15 is 0 Å². The third kappa shape index (κ3) is 4.22. The summed E-state index contributed by atoms with van der Waals surface area (Å²) < 4.78 is 10.9. The molecule has 8 heteroatoms. The molecule has 0 fully saturated rings. The van der Waals surface area contributed by atoms with Crippen LogP contribution < -0.4 is 15.4 Å². The first kappa shape index (κ1) is 18.6. The molecule has 4 rings (SSSR count). The van der Waals surface area contributed by atoms with Gasteiger partial charge in [0, 0.05) is 29.2 Å². The number of fused-ring (bicyclic) bond motifs is 1. The largest absolute Gasteiger partial charge is 0.497 e. The summed E-state index contributed by atoms with van der Waals surface area (Å²) in [6.45, 7) is 0. The Bertz CT molecular complexity index is 1190. The molecule has 144 valence electrons. The second-order valence-corrected chi connectivity index (χ2v) is 6.49. The number of aromatic nitrogens is 2. The summed E-state index contributed by atoms with van der Waals surface area (Å²) in [5.41, 5.74) is 3.29. The van der Waals surface area contributed by atoms with Gasteiger partial charge in [-0.05, 0) is 60.7 Å². The Labute approximate surface area is 171 Å². The average Bonchev–Trinajstić information content (AvgIpc) is 3.18. The number of amides is 1. The highest BCUT2D eigenvalue weighted by Gasteiger charge is 2.11. The Morgan fingerprint density at radius 1 is 1.10 bits per heavy atom. The van der Waals surface area contributed by atoms with Crippen LogP contribution in [0.4, 0.5) is 5.69 Å². The van der Waals surface area contributed by atoms with E-state index in [1.165, 1.54) is 0 Å². The van der Waals surface area contributed by atoms with Crippen LogP contribution in [0.5, 0.6) is 5.75 Å². The van der Waals surface area contributed by atoms with Crippen LogP contribution in [0, 0.1) is 0 Å². The highest BCUT2D eigenvalue weighted by atomic mass is 32.1. The SMILES string of the molecule is COc1cccc(C(=O)NC(=S)Nc2ccc3oc(-c4ccncc4)nc3c2)c1. The lowest BCUT2D eigenvalue weighted by Gasteiger charge is -2.10. The molecule has 0 atom stereocenters. The van der Waals surface area contributed by atoms with Gasteiger partial charge in [0.25, 0.3) is 5.91 Å². The smallest absolute Gasteiger partial charge is 0.257 e. The summed E-state index contributed by atoms with van der Waals surface area (Å²) in [4.78, 5) is 20.9. The molecule has 0 aliphatic heterocycles. The van der Waals surface area contributed by atoms with Crippen molar-refractivity contribution in [2.75, 3.05) is 12.4 Å². The van der Waals surface area contributed by atoms with Crippen LogP contribution in [0.15, 0.2) is 71.4 Å². The number of nitrogens with zero attached hydrogens (tertiary/aromatic N) is 2. The number of hydrogen-bond donors (Lipinski definition) is 2. The van der Waals surface area contributed by atoms with Gasteiger partial charge in [-0.1, -0.05) is 6.07 Å². The van der Waals surface area contributed by atoms with Crippen molar-refractivity contribution in [3.05, 3.63) is 72.6 Å². The number of methoxy groups -OCH3 is 1. The van der Waals surface area contributed by atoms with E-state index in [0.29, 0.717) is 34.0 Å². The molecule has 0 aliphatic carbocycles. The molecule has 0 radical (unpaired) electrons. The van der Waals surface area contributed by atoms with Crippen molar-refractivity contribution in [3.8, 4) is 17.2 Å². The van der Waals surface area contributed by atoms with Gasteiger partial charge in [0.1, 0.15) is 11.3 Å². The number of thiocarbonyl (C=S) groups is 1. The second kappa shape index (κ2) is 8.07. The zero-order valence-corrected chi connectivity index (χ0v) is 16.2. The molecule has 0 unspecified atom stereocenters. The maximum atomic E-state index is 12.4. The zero-order valence-electron chi connectivity index (χ0n) is 15.4. The van der Waals surface area contributed by atoms with Gasteiger partial charge < -0.3 is 14.5 Å². The summed E-state index contributed by atoms with van der Waals surface area (Å²) in [6.07, 6.45) is 3.36. The molecule has 0 aliphatic rings. The standard InChI is InChI=1S/C21H16N4O3S/c1-27-16-4-2-3-14(11-16)19(26)25-21(29)23-15-5-6-18-17(12-15)24-20(28-18)13-7-9-22-10-8-13/h2-12H,1H3,(H2,23,25,26,29). The van der Waals surface area contributed by atoms with Crippen LogP contribution in [0.1, 0.15) is 10.4 Å². The molecule has 2 heterocycles. The van der Waals surface area contributed by atoms with Crippen molar-refractivity contribution < 1.29 is 13.9 Å². The highest BCUT2D eigenvalue weighted by molar-refractivity contribution is 7.80. The Hall–Kier alpha value is -3.78. The monoisotopic (exact) mass is 404 g/mol. The molecule has 2 aromatic heterocycles. The van der Waals surface area contributed by atoms with Gasteiger partial charge in [0.2, 0.25) is 5.89 Å². The average molecular weight is 404 g/mol. The van der Waals surface area contributed by atoms with Crippen molar-refractivity contribution in [2.24, 2.45) is 0 Å². The number of pyridine rings is 1. The lowest BCUT2D eigenvalue weighted by molar-refractivity contribution is 0.0977. The number of ether oxygens (including phenoxy) is 1. The molecular formula is C21H16N4O3S. The van der Waals surface area contributed by atoms with E-state index in [0.717, 1.165) is 5.56 Å². The molecule has 4 aromatic rings. The predicted octanol–water partition coefficient (Wildman–Crippen LogP) is 4.03. The highest BCUT2D eigenvalue weighted by Crippen LogP contribution is 2.25. The van der Waals surface area contributed by atoms with E-state index in [-0.39, 0.29) is 11.0 Å². The van der Waals surface area contributed by atoms with E-state index in [2.05, 4.69) is 20.6 Å². The van der Waals surface area contributed by atoms with Gasteiger partial charge in [-0.3, -0.25) is 15.1 Å². The Morgan fingerprint density at radius 2 is 1.93 bits per heavy atom. The Balaban J connectivity index is 1.47. The van der Waals surface area contributed by atoms with E-state index < -0.39 is 0 Å². The third-order valence-corrected chi connectivity index (χ3v) is 4.34. The molecule has 7 nitrogen and oxygen atoms in total. The van der Waals surface area contributed by atoms with Crippen molar-refractivity contribution in [1.29, 1.82) is 0 Å². The molecule has 2 aromatic carbocycles. The van der Waals surface area contributed by atoms with Crippen molar-refractivity contribution in [3.63, 3.8) is 0 Å². The zero-order chi connectivity index (χ0) is 20.2. The van der Waals surface area contributed by atoms with Crippen LogP contribution in [0.2, 0.25) is 0 Å². The van der Waals surface area contributed by atoms with Gasteiger partial charge in [0.05, 0.1) is 7.11 Å². The summed E-state index contributed by atoms with van der Waals surface area (Å²) in [5.74, 6) is 0.773. The minimum atomic E-state index is -0.330. The number of rotatable bonds is 4. The number of oxazole rings is 1. The van der Waals surface area contributed by atoms with Crippen LogP contribution in [-0.2, 0) is 0 Å². The molecule has 1 amide bonds. The number of nitrogens with one attached hydrogen (secondary N) is 2. The summed E-state index contributed by atoms with van der Waals surface area (Å²) in [7, 11) is 1.54. The normalized spacial score (nSPS) is 10.5. The minimum absolute atomic E-state index is 0.176. The topological polar surface area (TPSA) is 89.3 Å². The minimum Gasteiger partial charge on any atom is -0.497 e. The maximum absolute atomic E-state index is 12.4. The lowest BCUT2D eigenvalue weighted by atomic mass is 10.2. The van der Waals surface area contributed by atoms with Crippen LogP contribution >= 0.6 is 12.2 Å². The Kier molecular flexibility index (Phi) is 5.17. The third-order valence-electron chi connectivity index (χ3n) is 4.13. The number of carbonyl (C=O) groups is 1. The molecular weight excluding hydrogens is 388 g/mol. The van der Waals surface area contributed by atoms with Gasteiger partial charge in [0.15, 0.2) is 10.7 Å². The summed E-state index contributed by atoms with van der Waals surface area (Å²) in [5, 5.41) is 5.82. The number of hydrogen-bond acceptors (Lipinski definition) is 6. The van der Waals surface area contributed by atoms with Crippen LogP contribution in [0.25, 0.3) is 22.6 Å². The number of benzene rings is 2. The molecule has 0 bridgehead atoms. The first-order valence-corrected chi connectivity index (χ1v) is 9.10. The lowest BCUT2D eigenvalue weighted by Crippen LogP contribution is -2.34. The van der Waals surface area contributed by atoms with Gasteiger partial charge in [-0.15, -0.1) is 0 Å². The van der Waals surface area contributed by atoms with Crippen LogP contribution in [0.3, 0.4) is 0 Å². The number of anilines is 1. The summed E-state index contributed by atoms with van der Waals surface area (Å²) in [6, 6.07) is 15.9. The molecule has 2 N–H and O–H groups in total. The molecule has 0 saturated carbocycles. The van der Waals surface area contributed by atoms with E-state index in [4.69, 9.17) is 21.4 Å². The fourth-order valence-corrected chi connectivity index (χ4v) is 2.94. The van der Waals surface area contributed by atoms with Gasteiger partial charge in [-0.2, -0.15) is 0 Å². The molecule has 0 spiro atoms. The van der Waals surface area contributed by atoms with Gasteiger partial charge >= 0.3 is 0 Å². The Morgan fingerprint density at radius 3 is 2.72 bits per heavy atom. The molecule has 29 heavy (non-hydrogen) atoms. The van der Waals surface area contributed by atoms with Gasteiger partial charge in [-0.25, -0.2) is 4.98 Å². The number of carbonyl (C=O) groups excluding carboxylic acids is 1. The first-order valence-electron chi connectivity index (χ1n) is 8.70. The molecule has 0 saturated heterocycles. The van der Waals surface area contributed by atoms with E-state index in [9.17, 15) is 4.79 Å². The second-order valence-electron chi connectivity index (χ2n) is 6.08. The van der Waals surface area contributed by atoms with Crippen molar-refractivity contribution in [2.45, 2.75) is 0 Å². The predicted molar refractivity (Wildman–Crippen MR) is 114 cm³/mol. The summed E-state index contributed by atoms with van der Waals surface area (Å²) >= 11 is 5.25. The van der Waals surface area contributed by atoms with E-state index in [1.54, 1.807) is 62.0 Å². The first-order chi connectivity index (χ1) is 14.1. The fourth-order valence-electron chi connectivity index (χ4n) is 2.73. The quantitative estimate of drug-likeness (QED) is 0.497. The van der Waals surface area contributed by atoms with Crippen molar-refractivity contribution in [1.82, 2.24) is 15.3 Å². The maximum Gasteiger partial charge on any atom is 0.257 e. The van der Waals surface area contributed by atoms with Crippen molar-refractivity contribution >= 4 is 40.0 Å². The van der Waals surface area contributed by atoms with Crippen LogP contribution in [-0.4, -0.2) is 28.1 Å². The van der Waals surface area contributed by atoms with E-state index in [1.807, 2.05) is 12.1 Å². The fraction of sp³-hybridized carbons (Fsp3) is 0.0476.